The molecule has 148 valence electrons. The first-order valence-corrected chi connectivity index (χ1v) is 10.1. The predicted molar refractivity (Wildman–Crippen MR) is 123 cm³/mol. The fourth-order valence-corrected chi connectivity index (χ4v) is 3.67. The zero-order chi connectivity index (χ0) is 20.8. The number of hydrogen-bond acceptors (Lipinski definition) is 2. The highest BCUT2D eigenvalue weighted by molar-refractivity contribution is 6.04. The lowest BCUT2D eigenvalue weighted by Gasteiger charge is -2.18. The van der Waals surface area contributed by atoms with Crippen LogP contribution < -0.4 is 0 Å². The van der Waals surface area contributed by atoms with E-state index < -0.39 is 0 Å². The molecule has 0 bridgehead atoms. The topological polar surface area (TPSA) is 40.5 Å². The van der Waals surface area contributed by atoms with Gasteiger partial charge in [0.2, 0.25) is 0 Å². The van der Waals surface area contributed by atoms with Crippen LogP contribution in [0.25, 0.3) is 11.1 Å². The van der Waals surface area contributed by atoms with Gasteiger partial charge in [-0.1, -0.05) is 109 Å². The Balaban J connectivity index is 2.03. The fraction of sp³-hybridized carbons (Fsp3) is 0.0714. The van der Waals surface area contributed by atoms with Crippen molar-refractivity contribution in [2.45, 2.75) is 13.2 Å². The van der Waals surface area contributed by atoms with Crippen LogP contribution in [-0.2, 0) is 13.2 Å². The third kappa shape index (κ3) is 4.25. The summed E-state index contributed by atoms with van der Waals surface area (Å²) in [5, 5.41) is 18.9. The molecule has 0 saturated carbocycles. The Morgan fingerprint density at radius 1 is 0.400 bits per heavy atom. The van der Waals surface area contributed by atoms with Crippen molar-refractivity contribution in [3.8, 4) is 0 Å². The Morgan fingerprint density at radius 2 is 0.700 bits per heavy atom. The van der Waals surface area contributed by atoms with Crippen LogP contribution in [0.2, 0.25) is 0 Å². The molecule has 30 heavy (non-hydrogen) atoms. The first-order valence-electron chi connectivity index (χ1n) is 10.1. The molecule has 0 aromatic heterocycles. The summed E-state index contributed by atoms with van der Waals surface area (Å²) < 4.78 is 0. The Morgan fingerprint density at radius 3 is 1.00 bits per heavy atom. The summed E-state index contributed by atoms with van der Waals surface area (Å²) in [6.45, 7) is 0.0532. The molecule has 0 fully saturated rings. The van der Waals surface area contributed by atoms with Gasteiger partial charge < -0.3 is 10.2 Å². The van der Waals surface area contributed by atoms with E-state index in [1.165, 1.54) is 0 Å². The number of aliphatic hydroxyl groups is 2. The van der Waals surface area contributed by atoms with E-state index in [4.69, 9.17) is 0 Å². The molecule has 0 unspecified atom stereocenters. The number of hydrogen-bond donors (Lipinski definition) is 2. The van der Waals surface area contributed by atoms with Crippen molar-refractivity contribution in [3.63, 3.8) is 0 Å². The van der Waals surface area contributed by atoms with Crippen LogP contribution in [0.15, 0.2) is 109 Å². The summed E-state index contributed by atoms with van der Waals surface area (Å²) in [6, 6.07) is 36.9. The maximum absolute atomic E-state index is 9.47. The van der Waals surface area contributed by atoms with Crippen molar-refractivity contribution in [1.29, 1.82) is 0 Å². The second-order valence-corrected chi connectivity index (χ2v) is 7.19. The summed E-state index contributed by atoms with van der Waals surface area (Å²) in [5.74, 6) is 0. The molecule has 0 atom stereocenters. The van der Waals surface area contributed by atoms with E-state index in [9.17, 15) is 10.2 Å². The molecule has 4 aromatic rings. The quantitative estimate of drug-likeness (QED) is 0.415. The first kappa shape index (κ1) is 19.8. The summed E-state index contributed by atoms with van der Waals surface area (Å²) in [7, 11) is 0. The van der Waals surface area contributed by atoms with Gasteiger partial charge in [0.05, 0.1) is 13.2 Å². The van der Waals surface area contributed by atoms with Crippen molar-refractivity contribution in [1.82, 2.24) is 0 Å². The van der Waals surface area contributed by atoms with Gasteiger partial charge in [-0.25, -0.2) is 0 Å². The van der Waals surface area contributed by atoms with Gasteiger partial charge in [-0.15, -0.1) is 0 Å². The van der Waals surface area contributed by atoms with Crippen molar-refractivity contribution in [2.24, 2.45) is 0 Å². The maximum atomic E-state index is 9.47. The highest BCUT2D eigenvalue weighted by Gasteiger charge is 2.16. The zero-order valence-electron chi connectivity index (χ0n) is 16.7. The van der Waals surface area contributed by atoms with E-state index in [1.54, 1.807) is 0 Å². The Kier molecular flexibility index (Phi) is 6.19. The van der Waals surface area contributed by atoms with E-state index >= 15 is 0 Å². The van der Waals surface area contributed by atoms with Gasteiger partial charge in [0.15, 0.2) is 0 Å². The van der Waals surface area contributed by atoms with Crippen LogP contribution in [0.4, 0.5) is 0 Å². The molecule has 0 aliphatic rings. The number of benzene rings is 4. The number of rotatable bonds is 6. The SMILES string of the molecule is OCc1ccc(/C(=C(\c2ccccc2)c2ccc(CO)cc2)c2ccccc2)cc1. The smallest absolute Gasteiger partial charge is 0.0681 e. The summed E-state index contributed by atoms with van der Waals surface area (Å²) in [5.41, 5.74) is 8.45. The van der Waals surface area contributed by atoms with Crippen molar-refractivity contribution >= 4 is 11.1 Å². The number of aliphatic hydroxyl groups excluding tert-OH is 2. The van der Waals surface area contributed by atoms with Crippen LogP contribution >= 0.6 is 0 Å². The highest BCUT2D eigenvalue weighted by atomic mass is 16.3. The predicted octanol–water partition coefficient (Wildman–Crippen LogP) is 5.68. The van der Waals surface area contributed by atoms with Gasteiger partial charge in [0, 0.05) is 0 Å². The first-order chi connectivity index (χ1) is 14.8. The lowest BCUT2D eigenvalue weighted by Crippen LogP contribution is -1.98. The van der Waals surface area contributed by atoms with Gasteiger partial charge in [-0.2, -0.15) is 0 Å². The summed E-state index contributed by atoms with van der Waals surface area (Å²) in [6.07, 6.45) is 0. The minimum Gasteiger partial charge on any atom is -0.392 e. The average molecular weight is 392 g/mol. The summed E-state index contributed by atoms with van der Waals surface area (Å²) >= 11 is 0. The molecule has 4 rings (SSSR count). The molecule has 4 aromatic carbocycles. The van der Waals surface area contributed by atoms with Crippen molar-refractivity contribution in [3.05, 3.63) is 143 Å². The third-order valence-corrected chi connectivity index (χ3v) is 5.23. The fourth-order valence-electron chi connectivity index (χ4n) is 3.67. The van der Waals surface area contributed by atoms with Gasteiger partial charge >= 0.3 is 0 Å². The molecule has 2 nitrogen and oxygen atoms in total. The van der Waals surface area contributed by atoms with Gasteiger partial charge in [0.1, 0.15) is 0 Å². The van der Waals surface area contributed by atoms with Gasteiger partial charge in [-0.05, 0) is 44.5 Å². The standard InChI is InChI=1S/C28H24O2/c29-19-21-11-15-25(16-12-21)27(23-7-3-1-4-8-23)28(24-9-5-2-6-10-24)26-17-13-22(20-30)14-18-26/h1-18,29-30H,19-20H2/b28-27+. The molecule has 0 saturated heterocycles. The van der Waals surface area contributed by atoms with Gasteiger partial charge in [-0.3, -0.25) is 0 Å². The van der Waals surface area contributed by atoms with Crippen LogP contribution in [0, 0.1) is 0 Å². The Bertz CT molecular complexity index is 1020. The molecule has 2 N–H and O–H groups in total. The average Bonchev–Trinajstić information content (AvgIpc) is 2.84. The van der Waals surface area contributed by atoms with Crippen LogP contribution in [0.5, 0.6) is 0 Å². The normalized spacial score (nSPS) is 11.8. The minimum absolute atomic E-state index is 0.0266. The van der Waals surface area contributed by atoms with Crippen LogP contribution in [0.3, 0.4) is 0 Å². The lowest BCUT2D eigenvalue weighted by atomic mass is 9.85. The molecule has 0 aliphatic heterocycles. The van der Waals surface area contributed by atoms with E-state index in [0.29, 0.717) is 0 Å². The van der Waals surface area contributed by atoms with Gasteiger partial charge in [0.25, 0.3) is 0 Å². The Hall–Kier alpha value is -3.46. The molecule has 0 spiro atoms. The largest absolute Gasteiger partial charge is 0.392 e. The van der Waals surface area contributed by atoms with Crippen molar-refractivity contribution in [2.75, 3.05) is 0 Å². The molecule has 0 aliphatic carbocycles. The third-order valence-electron chi connectivity index (χ3n) is 5.23. The molecule has 0 radical (unpaired) electrons. The molecular formula is C28H24O2. The van der Waals surface area contributed by atoms with Crippen LogP contribution in [-0.4, -0.2) is 10.2 Å². The van der Waals surface area contributed by atoms with Crippen LogP contribution in [0.1, 0.15) is 33.4 Å². The van der Waals surface area contributed by atoms with E-state index in [-0.39, 0.29) is 13.2 Å². The second kappa shape index (κ2) is 9.36. The lowest BCUT2D eigenvalue weighted by molar-refractivity contribution is 0.281. The summed E-state index contributed by atoms with van der Waals surface area (Å²) in [4.78, 5) is 0. The molecule has 0 heterocycles. The minimum atomic E-state index is 0.0266. The highest BCUT2D eigenvalue weighted by Crippen LogP contribution is 2.37. The Labute approximate surface area is 177 Å². The second-order valence-electron chi connectivity index (χ2n) is 7.19. The van der Waals surface area contributed by atoms with E-state index in [1.807, 2.05) is 36.4 Å². The molecule has 2 heteroatoms. The van der Waals surface area contributed by atoms with E-state index in [0.717, 1.165) is 44.5 Å². The molecular weight excluding hydrogens is 368 g/mol. The van der Waals surface area contributed by atoms with Crippen molar-refractivity contribution < 1.29 is 10.2 Å². The monoisotopic (exact) mass is 392 g/mol. The maximum Gasteiger partial charge on any atom is 0.0681 e. The zero-order valence-corrected chi connectivity index (χ0v) is 16.7. The van der Waals surface area contributed by atoms with E-state index in [2.05, 4.69) is 72.8 Å². The molecule has 0 amide bonds.